The minimum Gasteiger partial charge on any atom is -0.417 e. The van der Waals surface area contributed by atoms with Crippen LogP contribution in [0.25, 0.3) is 0 Å². The molecule has 1 fully saturated rings. The molecule has 1 N–H and O–H groups in total. The zero-order valence-electron chi connectivity index (χ0n) is 11.5. The van der Waals surface area contributed by atoms with E-state index in [4.69, 9.17) is 4.42 Å². The SMILES string of the molecule is O=C(NC1CCCC1)c1nnc(Cc2ccc(F)cc2)o1. The molecule has 0 saturated heterocycles. The Hall–Kier alpha value is -2.24. The highest BCUT2D eigenvalue weighted by Crippen LogP contribution is 2.18. The minimum absolute atomic E-state index is 0.0148. The predicted molar refractivity (Wildman–Crippen MR) is 73.2 cm³/mol. The third-order valence-corrected chi connectivity index (χ3v) is 3.62. The first-order valence-corrected chi connectivity index (χ1v) is 7.08. The van der Waals surface area contributed by atoms with Crippen LogP contribution in [-0.4, -0.2) is 22.1 Å². The average molecular weight is 289 g/mol. The normalized spacial score (nSPS) is 15.3. The van der Waals surface area contributed by atoms with Crippen molar-refractivity contribution in [2.24, 2.45) is 0 Å². The van der Waals surface area contributed by atoms with Crippen molar-refractivity contribution in [3.8, 4) is 0 Å². The topological polar surface area (TPSA) is 68.0 Å². The van der Waals surface area contributed by atoms with E-state index in [1.54, 1.807) is 12.1 Å². The molecule has 2 aromatic rings. The van der Waals surface area contributed by atoms with E-state index >= 15 is 0 Å². The fraction of sp³-hybridized carbons (Fsp3) is 0.400. The van der Waals surface area contributed by atoms with Gasteiger partial charge in [-0.2, -0.15) is 0 Å². The van der Waals surface area contributed by atoms with Gasteiger partial charge in [0.25, 0.3) is 0 Å². The number of nitrogens with one attached hydrogen (secondary N) is 1. The van der Waals surface area contributed by atoms with Crippen LogP contribution in [0.1, 0.15) is 47.8 Å². The second kappa shape index (κ2) is 6.03. The van der Waals surface area contributed by atoms with Crippen LogP contribution in [0.4, 0.5) is 4.39 Å². The number of aromatic nitrogens is 2. The van der Waals surface area contributed by atoms with Gasteiger partial charge < -0.3 is 9.73 Å². The summed E-state index contributed by atoms with van der Waals surface area (Å²) >= 11 is 0. The fourth-order valence-corrected chi connectivity index (χ4v) is 2.51. The number of amides is 1. The molecule has 0 bridgehead atoms. The molecule has 3 rings (SSSR count). The Morgan fingerprint density at radius 1 is 1.24 bits per heavy atom. The van der Waals surface area contributed by atoms with Gasteiger partial charge in [-0.3, -0.25) is 4.79 Å². The third kappa shape index (κ3) is 3.45. The van der Waals surface area contributed by atoms with Crippen LogP contribution in [0.2, 0.25) is 0 Å². The van der Waals surface area contributed by atoms with Crippen LogP contribution in [0.15, 0.2) is 28.7 Å². The first kappa shape index (κ1) is 13.7. The van der Waals surface area contributed by atoms with Crippen molar-refractivity contribution in [2.75, 3.05) is 0 Å². The smallest absolute Gasteiger partial charge is 0.309 e. The van der Waals surface area contributed by atoms with E-state index in [2.05, 4.69) is 15.5 Å². The van der Waals surface area contributed by atoms with Gasteiger partial charge in [0.2, 0.25) is 5.89 Å². The van der Waals surface area contributed by atoms with Crippen LogP contribution in [0.3, 0.4) is 0 Å². The number of benzene rings is 1. The summed E-state index contributed by atoms with van der Waals surface area (Å²) in [7, 11) is 0. The van der Waals surface area contributed by atoms with E-state index in [1.807, 2.05) is 0 Å². The van der Waals surface area contributed by atoms with Crippen molar-refractivity contribution in [3.05, 3.63) is 47.4 Å². The Morgan fingerprint density at radius 2 is 1.95 bits per heavy atom. The molecule has 0 unspecified atom stereocenters. The molecular weight excluding hydrogens is 273 g/mol. The molecule has 1 amide bonds. The molecule has 0 spiro atoms. The lowest BCUT2D eigenvalue weighted by Gasteiger charge is -2.08. The van der Waals surface area contributed by atoms with E-state index in [9.17, 15) is 9.18 Å². The van der Waals surface area contributed by atoms with Crippen molar-refractivity contribution < 1.29 is 13.6 Å². The lowest BCUT2D eigenvalue weighted by atomic mass is 10.1. The Balaban J connectivity index is 1.62. The van der Waals surface area contributed by atoms with Crippen LogP contribution < -0.4 is 5.32 Å². The molecule has 0 aliphatic heterocycles. The number of rotatable bonds is 4. The number of carbonyl (C=O) groups is 1. The lowest BCUT2D eigenvalue weighted by molar-refractivity contribution is 0.0901. The Labute approximate surface area is 121 Å². The van der Waals surface area contributed by atoms with Crippen molar-refractivity contribution in [1.82, 2.24) is 15.5 Å². The van der Waals surface area contributed by atoms with E-state index in [-0.39, 0.29) is 23.7 Å². The first-order valence-electron chi connectivity index (χ1n) is 7.08. The maximum atomic E-state index is 12.8. The molecule has 0 radical (unpaired) electrons. The number of hydrogen-bond donors (Lipinski definition) is 1. The van der Waals surface area contributed by atoms with E-state index in [1.165, 1.54) is 12.1 Å². The van der Waals surface area contributed by atoms with Crippen molar-refractivity contribution in [1.29, 1.82) is 0 Å². The highest BCUT2D eigenvalue weighted by atomic mass is 19.1. The number of nitrogens with zero attached hydrogens (tertiary/aromatic N) is 2. The standard InChI is InChI=1S/C15H16FN3O2/c16-11-7-5-10(6-8-11)9-13-18-19-15(21-13)14(20)17-12-3-1-2-4-12/h5-8,12H,1-4,9H2,(H,17,20). The van der Waals surface area contributed by atoms with Crippen molar-refractivity contribution in [2.45, 2.75) is 38.1 Å². The summed E-state index contributed by atoms with van der Waals surface area (Å²) in [6.07, 6.45) is 4.67. The van der Waals surface area contributed by atoms with Crippen molar-refractivity contribution in [3.63, 3.8) is 0 Å². The first-order chi connectivity index (χ1) is 10.2. The summed E-state index contributed by atoms with van der Waals surface area (Å²) in [6.45, 7) is 0. The number of halogens is 1. The molecule has 1 aromatic carbocycles. The second-order valence-electron chi connectivity index (χ2n) is 5.26. The summed E-state index contributed by atoms with van der Waals surface area (Å²) < 4.78 is 18.2. The van der Waals surface area contributed by atoms with Crippen LogP contribution >= 0.6 is 0 Å². The lowest BCUT2D eigenvalue weighted by Crippen LogP contribution is -2.32. The van der Waals surface area contributed by atoms with Crippen molar-refractivity contribution >= 4 is 5.91 Å². The largest absolute Gasteiger partial charge is 0.417 e. The average Bonchev–Trinajstić information content (AvgIpc) is 3.13. The highest BCUT2D eigenvalue weighted by Gasteiger charge is 2.21. The minimum atomic E-state index is -0.320. The Kier molecular flexibility index (Phi) is 3.94. The van der Waals surface area contributed by atoms with Gasteiger partial charge in [-0.05, 0) is 30.5 Å². The van der Waals surface area contributed by atoms with Gasteiger partial charge in [0.15, 0.2) is 0 Å². The third-order valence-electron chi connectivity index (χ3n) is 3.62. The van der Waals surface area contributed by atoms with Gasteiger partial charge in [-0.1, -0.05) is 25.0 Å². The summed E-state index contributed by atoms with van der Waals surface area (Å²) in [5.41, 5.74) is 0.850. The van der Waals surface area contributed by atoms with Gasteiger partial charge >= 0.3 is 11.8 Å². The Bertz CT molecular complexity index is 618. The van der Waals surface area contributed by atoms with Gasteiger partial charge in [0.05, 0.1) is 6.42 Å². The van der Waals surface area contributed by atoms with Gasteiger partial charge in [-0.25, -0.2) is 4.39 Å². The summed E-state index contributed by atoms with van der Waals surface area (Å²) in [5, 5.41) is 10.5. The molecule has 1 aromatic heterocycles. The van der Waals surface area contributed by atoms with Gasteiger partial charge in [0, 0.05) is 6.04 Å². The number of carbonyl (C=O) groups excluding carboxylic acids is 1. The van der Waals surface area contributed by atoms with E-state index in [0.717, 1.165) is 31.2 Å². The van der Waals surface area contributed by atoms with E-state index in [0.29, 0.717) is 12.3 Å². The quantitative estimate of drug-likeness (QED) is 0.939. The molecule has 5 nitrogen and oxygen atoms in total. The molecular formula is C15H16FN3O2. The van der Waals surface area contributed by atoms with E-state index < -0.39 is 0 Å². The fourth-order valence-electron chi connectivity index (χ4n) is 2.51. The monoisotopic (exact) mass is 289 g/mol. The molecule has 6 heteroatoms. The predicted octanol–water partition coefficient (Wildman–Crippen LogP) is 2.47. The number of hydrogen-bond acceptors (Lipinski definition) is 4. The zero-order chi connectivity index (χ0) is 14.7. The maximum Gasteiger partial charge on any atom is 0.309 e. The van der Waals surface area contributed by atoms with Crippen LogP contribution in [0, 0.1) is 5.82 Å². The second-order valence-corrected chi connectivity index (χ2v) is 5.26. The summed E-state index contributed by atoms with van der Waals surface area (Å²) in [5.74, 6) is -0.280. The highest BCUT2D eigenvalue weighted by molar-refractivity contribution is 5.89. The summed E-state index contributed by atoms with van der Waals surface area (Å²) in [4.78, 5) is 12.0. The molecule has 1 aliphatic rings. The molecule has 1 aliphatic carbocycles. The van der Waals surface area contributed by atoms with Gasteiger partial charge in [-0.15, -0.1) is 10.2 Å². The summed E-state index contributed by atoms with van der Waals surface area (Å²) in [6, 6.07) is 6.26. The molecule has 110 valence electrons. The zero-order valence-corrected chi connectivity index (χ0v) is 11.5. The van der Waals surface area contributed by atoms with Crippen LogP contribution in [-0.2, 0) is 6.42 Å². The Morgan fingerprint density at radius 3 is 2.67 bits per heavy atom. The van der Waals surface area contributed by atoms with Crippen LogP contribution in [0.5, 0.6) is 0 Å². The molecule has 1 heterocycles. The van der Waals surface area contributed by atoms with Gasteiger partial charge in [0.1, 0.15) is 5.82 Å². The molecule has 0 atom stereocenters. The molecule has 1 saturated carbocycles. The molecule has 21 heavy (non-hydrogen) atoms. The maximum absolute atomic E-state index is 12.8.